The Morgan fingerprint density at radius 3 is 2.08 bits per heavy atom. The molecule has 8 aliphatic rings. The largest absolute Gasteiger partial charge is 0.481 e. The zero-order chi connectivity index (χ0) is 46.0. The predicted octanol–water partition coefficient (Wildman–Crippen LogP) is 2.37. The van der Waals surface area contributed by atoms with Crippen LogP contribution < -0.4 is 0 Å². The van der Waals surface area contributed by atoms with Crippen molar-refractivity contribution in [3.8, 4) is 0 Å². The molecule has 8 rings (SSSR count). The zero-order valence-corrected chi connectivity index (χ0v) is 38.3. The molecular formula is C47H76O16. The maximum atomic E-state index is 13.1. The van der Waals surface area contributed by atoms with Crippen LogP contribution in [-0.2, 0) is 33.2 Å². The number of aliphatic carboxylic acids is 1. The Morgan fingerprint density at radius 1 is 0.714 bits per heavy atom. The van der Waals surface area contributed by atoms with Crippen molar-refractivity contribution < 1.29 is 79.2 Å². The molecule has 0 radical (unpaired) electrons. The van der Waals surface area contributed by atoms with E-state index in [1.165, 1.54) is 12.5 Å². The monoisotopic (exact) mass is 897 g/mol. The molecule has 0 bridgehead atoms. The van der Waals surface area contributed by atoms with Crippen LogP contribution in [0.1, 0.15) is 120 Å². The van der Waals surface area contributed by atoms with E-state index < -0.39 is 104 Å². The molecule has 16 nitrogen and oxygen atoms in total. The number of aliphatic hydroxyl groups excluding tert-OH is 8. The molecule has 9 N–H and O–H groups in total. The topological polar surface area (TPSA) is 255 Å². The summed E-state index contributed by atoms with van der Waals surface area (Å²) in [5, 5.41) is 96.3. The first-order valence-electron chi connectivity index (χ1n) is 23.6. The van der Waals surface area contributed by atoms with Gasteiger partial charge in [-0.3, -0.25) is 4.79 Å². The van der Waals surface area contributed by atoms with Crippen molar-refractivity contribution in [2.24, 2.45) is 50.2 Å². The third kappa shape index (κ3) is 7.51. The Kier molecular flexibility index (Phi) is 12.8. The van der Waals surface area contributed by atoms with Crippen molar-refractivity contribution in [1.82, 2.24) is 0 Å². The minimum absolute atomic E-state index is 0.00693. The second kappa shape index (κ2) is 16.7. The van der Waals surface area contributed by atoms with Gasteiger partial charge in [-0.1, -0.05) is 60.1 Å². The normalized spacial score (nSPS) is 54.1. The van der Waals surface area contributed by atoms with Gasteiger partial charge in [-0.05, 0) is 116 Å². The Hall–Kier alpha value is -1.35. The van der Waals surface area contributed by atoms with Crippen LogP contribution in [0.15, 0.2) is 11.6 Å². The molecule has 16 heteroatoms. The van der Waals surface area contributed by atoms with Gasteiger partial charge in [0.1, 0.15) is 61.0 Å². The maximum Gasteiger partial charge on any atom is 0.310 e. The number of ether oxygens (including phenoxy) is 6. The average molecular weight is 897 g/mol. The van der Waals surface area contributed by atoms with Crippen LogP contribution in [0, 0.1) is 50.2 Å². The smallest absolute Gasteiger partial charge is 0.310 e. The van der Waals surface area contributed by atoms with Crippen molar-refractivity contribution in [1.29, 1.82) is 0 Å². The molecule has 22 atom stereocenters. The molecule has 0 spiro atoms. The highest BCUT2D eigenvalue weighted by Crippen LogP contribution is 2.76. The van der Waals surface area contributed by atoms with Crippen LogP contribution in [0.3, 0.4) is 0 Å². The van der Waals surface area contributed by atoms with Gasteiger partial charge in [-0.25, -0.2) is 0 Å². The summed E-state index contributed by atoms with van der Waals surface area (Å²) < 4.78 is 36.0. The second-order valence-electron chi connectivity index (χ2n) is 23.0. The van der Waals surface area contributed by atoms with Crippen molar-refractivity contribution in [2.75, 3.05) is 13.2 Å². The predicted molar refractivity (Wildman–Crippen MR) is 223 cm³/mol. The van der Waals surface area contributed by atoms with Gasteiger partial charge >= 0.3 is 5.97 Å². The minimum atomic E-state index is -1.81. The van der Waals surface area contributed by atoms with Crippen LogP contribution in [0.5, 0.6) is 0 Å². The lowest BCUT2D eigenvalue weighted by atomic mass is 9.33. The van der Waals surface area contributed by atoms with Crippen LogP contribution in [0.25, 0.3) is 0 Å². The van der Waals surface area contributed by atoms with Gasteiger partial charge in [0.2, 0.25) is 0 Å². The SMILES string of the molecule is C[C@@H]1O[C@@H](O[C@H]2CO[C@@H](O[C@H]3CC[C@]4(C)[C@H]5CC=C6[C@@H]7CC(C)(C)CC[C@]7(C(=O)O)CC[C@@]6(C)[C@]5(C)CC[C@H]4C3(C)C)[C@H](O)[C@H]2O)[C@H](O[C@@H]2O[C@H](CO)[C@@H](O)[C@H](O)[C@H]2O)[C@H](O)[C@H]1O. The highest BCUT2D eigenvalue weighted by atomic mass is 16.8. The minimum Gasteiger partial charge on any atom is -0.481 e. The van der Waals surface area contributed by atoms with Crippen molar-refractivity contribution in [3.63, 3.8) is 0 Å². The Bertz CT molecular complexity index is 1720. The van der Waals surface area contributed by atoms with E-state index >= 15 is 0 Å². The van der Waals surface area contributed by atoms with E-state index in [1.54, 1.807) is 0 Å². The Labute approximate surface area is 371 Å². The molecular weight excluding hydrogens is 821 g/mol. The van der Waals surface area contributed by atoms with E-state index in [2.05, 4.69) is 54.5 Å². The quantitative estimate of drug-likeness (QED) is 0.125. The Balaban J connectivity index is 0.947. The maximum absolute atomic E-state index is 13.1. The van der Waals surface area contributed by atoms with E-state index in [0.29, 0.717) is 12.3 Å². The third-order valence-corrected chi connectivity index (χ3v) is 19.0. The van der Waals surface area contributed by atoms with Crippen LogP contribution in [-0.4, -0.2) is 157 Å². The molecule has 0 amide bonds. The summed E-state index contributed by atoms with van der Waals surface area (Å²) in [5.41, 5.74) is 0.349. The van der Waals surface area contributed by atoms with Crippen molar-refractivity contribution >= 4 is 5.97 Å². The van der Waals surface area contributed by atoms with E-state index in [1.807, 2.05) is 0 Å². The van der Waals surface area contributed by atoms with Gasteiger partial charge in [0, 0.05) is 0 Å². The second-order valence-corrected chi connectivity index (χ2v) is 23.0. The molecule has 4 saturated carbocycles. The molecule has 0 aromatic carbocycles. The molecule has 5 aliphatic carbocycles. The van der Waals surface area contributed by atoms with Crippen LogP contribution in [0.2, 0.25) is 0 Å². The van der Waals surface area contributed by atoms with Crippen LogP contribution >= 0.6 is 0 Å². The molecule has 0 unspecified atom stereocenters. The summed E-state index contributed by atoms with van der Waals surface area (Å²) in [5.74, 6) is 0.0950. The fourth-order valence-corrected chi connectivity index (χ4v) is 14.8. The molecule has 3 aliphatic heterocycles. The lowest BCUT2D eigenvalue weighted by molar-refractivity contribution is -0.381. The van der Waals surface area contributed by atoms with Crippen molar-refractivity contribution in [3.05, 3.63) is 11.6 Å². The summed E-state index contributed by atoms with van der Waals surface area (Å²) in [7, 11) is 0. The fourth-order valence-electron chi connectivity index (χ4n) is 14.8. The lowest BCUT2D eigenvalue weighted by Crippen LogP contribution is -2.66. The van der Waals surface area contributed by atoms with Gasteiger partial charge in [-0.15, -0.1) is 0 Å². The number of hydrogen-bond acceptors (Lipinski definition) is 15. The summed E-state index contributed by atoms with van der Waals surface area (Å²) in [6.07, 6.45) is -9.96. The zero-order valence-electron chi connectivity index (χ0n) is 38.3. The van der Waals surface area contributed by atoms with Gasteiger partial charge in [0.25, 0.3) is 0 Å². The molecule has 0 aromatic heterocycles. The molecule has 63 heavy (non-hydrogen) atoms. The average Bonchev–Trinajstić information content (AvgIpc) is 3.21. The standard InChI is InChI=1S/C47H76O16/c1-22-30(49)34(53)37(63-39-36(55)33(52)31(50)25(20-48)60-39)40(59-22)61-26-21-58-38(35(54)32(26)51)62-29-12-13-44(6)27(43(29,4)5)11-14-46(8)28(44)10-9-23-24-19-42(2,3)15-17-47(24,41(56)57)18-16-45(23,46)7/h9,22,24-40,48-55H,10-21H2,1-8H3,(H,56,57)/t22-,24-,25+,26-,27-,28+,29-,30-,31+,32-,33-,34+,35+,36+,37+,38-,39-,40-,44-,45+,46+,47-/m0/s1. The van der Waals surface area contributed by atoms with Crippen molar-refractivity contribution in [2.45, 2.75) is 212 Å². The summed E-state index contributed by atoms with van der Waals surface area (Å²) >= 11 is 0. The van der Waals surface area contributed by atoms with Gasteiger partial charge in [0.15, 0.2) is 18.9 Å². The van der Waals surface area contributed by atoms with E-state index in [0.717, 1.165) is 57.8 Å². The Morgan fingerprint density at radius 2 is 1.40 bits per heavy atom. The molecule has 360 valence electrons. The number of aliphatic hydroxyl groups is 8. The number of allylic oxidation sites excluding steroid dienone is 2. The van der Waals surface area contributed by atoms with E-state index in [9.17, 15) is 50.8 Å². The van der Waals surface area contributed by atoms with Gasteiger partial charge < -0.3 is 74.4 Å². The lowest BCUT2D eigenvalue weighted by Gasteiger charge is -2.71. The highest BCUT2D eigenvalue weighted by molar-refractivity contribution is 5.76. The molecule has 7 fully saturated rings. The summed E-state index contributed by atoms with van der Waals surface area (Å²) in [6, 6.07) is 0. The fraction of sp³-hybridized carbons (Fsp3) is 0.936. The number of carbonyl (C=O) groups is 1. The number of rotatable bonds is 8. The number of carboxylic acids is 1. The molecule has 3 saturated heterocycles. The molecule has 0 aromatic rings. The third-order valence-electron chi connectivity index (χ3n) is 19.0. The number of fused-ring (bicyclic) bond motifs is 7. The van der Waals surface area contributed by atoms with E-state index in [-0.39, 0.29) is 51.6 Å². The highest BCUT2D eigenvalue weighted by Gasteiger charge is 2.69. The van der Waals surface area contributed by atoms with E-state index in [4.69, 9.17) is 28.4 Å². The number of carboxylic acid groups (broad SMARTS) is 1. The number of hydrogen-bond donors (Lipinski definition) is 9. The first-order chi connectivity index (χ1) is 29.4. The van der Waals surface area contributed by atoms with Gasteiger partial charge in [-0.2, -0.15) is 0 Å². The first kappa shape index (κ1) is 48.1. The summed E-state index contributed by atoms with van der Waals surface area (Å²) in [6.45, 7) is 17.0. The first-order valence-corrected chi connectivity index (χ1v) is 23.6. The summed E-state index contributed by atoms with van der Waals surface area (Å²) in [4.78, 5) is 13.1. The van der Waals surface area contributed by atoms with Crippen LogP contribution in [0.4, 0.5) is 0 Å². The molecule has 3 heterocycles. The van der Waals surface area contributed by atoms with Gasteiger partial charge in [0.05, 0.1) is 30.8 Å².